The molecule has 1 amide bonds. The lowest BCUT2D eigenvalue weighted by molar-refractivity contribution is -0.128. The molecule has 0 spiro atoms. The molecule has 2 rings (SSSR count). The summed E-state index contributed by atoms with van der Waals surface area (Å²) in [6.07, 6.45) is 3.41. The average Bonchev–Trinajstić information content (AvgIpc) is 3.14. The molecule has 114 valence electrons. The Morgan fingerprint density at radius 3 is 2.90 bits per heavy atom. The van der Waals surface area contributed by atoms with Crippen LogP contribution in [0.2, 0.25) is 0 Å². The molecular formula is C13H16N2O5S. The highest BCUT2D eigenvalue weighted by atomic mass is 32.2. The van der Waals surface area contributed by atoms with Gasteiger partial charge in [0.15, 0.2) is 9.84 Å². The van der Waals surface area contributed by atoms with Gasteiger partial charge in [0.1, 0.15) is 5.25 Å². The van der Waals surface area contributed by atoms with Crippen LogP contribution >= 0.6 is 0 Å². The summed E-state index contributed by atoms with van der Waals surface area (Å²) >= 11 is 0. The maximum Gasteiger partial charge on any atom is 0.261 e. The molecule has 1 aromatic heterocycles. The number of nitrogens with zero attached hydrogens (tertiary/aromatic N) is 1. The van der Waals surface area contributed by atoms with Crippen LogP contribution in [0.1, 0.15) is 30.7 Å². The molecule has 21 heavy (non-hydrogen) atoms. The number of sulfone groups is 1. The van der Waals surface area contributed by atoms with Crippen LogP contribution in [-0.4, -0.2) is 36.2 Å². The predicted molar refractivity (Wildman–Crippen MR) is 73.0 cm³/mol. The zero-order valence-corrected chi connectivity index (χ0v) is 12.3. The first kappa shape index (κ1) is 15.5. The lowest BCUT2D eigenvalue weighted by atomic mass is 10.2. The third-order valence-corrected chi connectivity index (χ3v) is 4.60. The van der Waals surface area contributed by atoms with E-state index in [4.69, 9.17) is 9.73 Å². The van der Waals surface area contributed by atoms with Crippen molar-refractivity contribution in [3.8, 4) is 11.8 Å². The minimum atomic E-state index is -3.61. The van der Waals surface area contributed by atoms with Gasteiger partial charge in [0.05, 0.1) is 5.69 Å². The fourth-order valence-electron chi connectivity index (χ4n) is 1.78. The molecule has 2 N–H and O–H groups in total. The van der Waals surface area contributed by atoms with Gasteiger partial charge in [-0.15, -0.1) is 0 Å². The predicted octanol–water partition coefficient (Wildman–Crippen LogP) is 0.287. The van der Waals surface area contributed by atoms with Crippen molar-refractivity contribution in [1.82, 2.24) is 10.6 Å². The van der Waals surface area contributed by atoms with Crippen molar-refractivity contribution in [2.24, 2.45) is 5.92 Å². The molecule has 0 aliphatic heterocycles. The van der Waals surface area contributed by atoms with Gasteiger partial charge in [-0.25, -0.2) is 13.9 Å². The minimum Gasteiger partial charge on any atom is -0.347 e. The van der Waals surface area contributed by atoms with Gasteiger partial charge in [0.2, 0.25) is 5.76 Å². The fourth-order valence-corrected chi connectivity index (χ4v) is 2.77. The van der Waals surface area contributed by atoms with Gasteiger partial charge in [0.25, 0.3) is 5.91 Å². The Morgan fingerprint density at radius 1 is 1.62 bits per heavy atom. The van der Waals surface area contributed by atoms with Crippen LogP contribution in [0.25, 0.3) is 0 Å². The number of amides is 1. The standard InChI is InChI=1S/C13H16N2O5S/c1-21(18,19)12(13(16)14-17)7-5-10-8-11(20-15-10)6-4-9-2-3-9/h8-9,12,17H,2-3,5,7H2,1H3,(H,14,16). The van der Waals surface area contributed by atoms with E-state index in [2.05, 4.69) is 17.0 Å². The number of aryl methyl sites for hydroxylation is 1. The van der Waals surface area contributed by atoms with E-state index in [-0.39, 0.29) is 12.8 Å². The van der Waals surface area contributed by atoms with Crippen molar-refractivity contribution >= 4 is 15.7 Å². The summed E-state index contributed by atoms with van der Waals surface area (Å²) in [5.74, 6) is 5.81. The highest BCUT2D eigenvalue weighted by Gasteiger charge is 2.28. The Kier molecular flexibility index (Phi) is 4.65. The topological polar surface area (TPSA) is 110 Å². The second kappa shape index (κ2) is 6.28. The van der Waals surface area contributed by atoms with Gasteiger partial charge in [0, 0.05) is 18.2 Å². The van der Waals surface area contributed by atoms with Crippen LogP contribution in [0, 0.1) is 17.8 Å². The third kappa shape index (κ3) is 4.58. The molecule has 0 saturated heterocycles. The quantitative estimate of drug-likeness (QED) is 0.459. The van der Waals surface area contributed by atoms with Crippen LogP contribution in [-0.2, 0) is 21.1 Å². The molecule has 0 radical (unpaired) electrons. The average molecular weight is 312 g/mol. The first-order valence-corrected chi connectivity index (χ1v) is 8.45. The summed E-state index contributed by atoms with van der Waals surface area (Å²) in [4.78, 5) is 11.4. The lowest BCUT2D eigenvalue weighted by Gasteiger charge is -2.11. The van der Waals surface area contributed by atoms with Gasteiger partial charge in [-0.1, -0.05) is 11.1 Å². The Labute approximate surface area is 122 Å². The molecule has 8 heteroatoms. The van der Waals surface area contributed by atoms with Crippen molar-refractivity contribution in [3.05, 3.63) is 17.5 Å². The van der Waals surface area contributed by atoms with E-state index in [1.165, 1.54) is 5.48 Å². The van der Waals surface area contributed by atoms with Gasteiger partial charge in [-0.2, -0.15) is 0 Å². The smallest absolute Gasteiger partial charge is 0.261 e. The van der Waals surface area contributed by atoms with E-state index in [1.54, 1.807) is 6.07 Å². The molecule has 7 nitrogen and oxygen atoms in total. The van der Waals surface area contributed by atoms with E-state index < -0.39 is 21.0 Å². The Bertz CT molecular complexity index is 679. The number of carbonyl (C=O) groups is 1. The second-order valence-corrected chi connectivity index (χ2v) is 7.29. The Hall–Kier alpha value is -1.85. The fraction of sp³-hybridized carbons (Fsp3) is 0.538. The van der Waals surface area contributed by atoms with Gasteiger partial charge in [-0.05, 0) is 31.6 Å². The van der Waals surface area contributed by atoms with Crippen molar-refractivity contribution in [1.29, 1.82) is 0 Å². The van der Waals surface area contributed by atoms with Crippen molar-refractivity contribution in [2.75, 3.05) is 6.26 Å². The van der Waals surface area contributed by atoms with E-state index in [0.717, 1.165) is 19.1 Å². The third-order valence-electron chi connectivity index (χ3n) is 3.12. The molecular weight excluding hydrogens is 296 g/mol. The van der Waals surface area contributed by atoms with Crippen molar-refractivity contribution in [2.45, 2.75) is 30.9 Å². The highest BCUT2D eigenvalue weighted by molar-refractivity contribution is 7.92. The molecule has 1 heterocycles. The van der Waals surface area contributed by atoms with Crippen LogP contribution in [0.4, 0.5) is 0 Å². The van der Waals surface area contributed by atoms with Gasteiger partial charge >= 0.3 is 0 Å². The lowest BCUT2D eigenvalue weighted by Crippen LogP contribution is -2.38. The zero-order valence-electron chi connectivity index (χ0n) is 11.5. The number of nitrogens with one attached hydrogen (secondary N) is 1. The number of rotatable bonds is 5. The summed E-state index contributed by atoms with van der Waals surface area (Å²) in [5, 5.41) is 11.0. The number of hydroxylamine groups is 1. The second-order valence-electron chi connectivity index (χ2n) is 5.06. The number of hydrogen-bond donors (Lipinski definition) is 2. The number of carbonyl (C=O) groups excluding carboxylic acids is 1. The van der Waals surface area contributed by atoms with Crippen LogP contribution in [0.15, 0.2) is 10.6 Å². The van der Waals surface area contributed by atoms with Gasteiger partial charge < -0.3 is 4.52 Å². The molecule has 1 unspecified atom stereocenters. The minimum absolute atomic E-state index is 0.00720. The summed E-state index contributed by atoms with van der Waals surface area (Å²) in [6, 6.07) is 1.63. The van der Waals surface area contributed by atoms with Crippen LogP contribution in [0.3, 0.4) is 0 Å². The van der Waals surface area contributed by atoms with E-state index in [9.17, 15) is 13.2 Å². The van der Waals surface area contributed by atoms with Crippen LogP contribution < -0.4 is 5.48 Å². The largest absolute Gasteiger partial charge is 0.347 e. The molecule has 1 aromatic rings. The molecule has 1 aliphatic rings. The summed E-state index contributed by atoms with van der Waals surface area (Å²) < 4.78 is 28.0. The Balaban J connectivity index is 1.98. The maximum atomic E-state index is 11.5. The molecule has 1 aliphatic carbocycles. The number of aromatic nitrogens is 1. The molecule has 0 aromatic carbocycles. The first-order chi connectivity index (χ1) is 9.90. The summed E-state index contributed by atoms with van der Waals surface area (Å²) in [5.41, 5.74) is 1.89. The summed E-state index contributed by atoms with van der Waals surface area (Å²) in [7, 11) is -3.61. The SMILES string of the molecule is CS(=O)(=O)C(CCc1cc(C#CC2CC2)on1)C(=O)NO. The van der Waals surface area contributed by atoms with Crippen molar-refractivity contribution < 1.29 is 22.9 Å². The molecule has 1 atom stereocenters. The number of hydrogen-bond acceptors (Lipinski definition) is 6. The highest BCUT2D eigenvalue weighted by Crippen LogP contribution is 2.27. The summed E-state index contributed by atoms with van der Waals surface area (Å²) in [6.45, 7) is 0. The van der Waals surface area contributed by atoms with Crippen LogP contribution in [0.5, 0.6) is 0 Å². The van der Waals surface area contributed by atoms with Gasteiger partial charge in [-0.3, -0.25) is 10.0 Å². The zero-order chi connectivity index (χ0) is 15.5. The van der Waals surface area contributed by atoms with E-state index in [0.29, 0.717) is 17.4 Å². The van der Waals surface area contributed by atoms with Crippen molar-refractivity contribution in [3.63, 3.8) is 0 Å². The Morgan fingerprint density at radius 2 is 2.33 bits per heavy atom. The maximum absolute atomic E-state index is 11.5. The first-order valence-electron chi connectivity index (χ1n) is 6.50. The molecule has 1 fully saturated rings. The monoisotopic (exact) mass is 312 g/mol. The van der Waals surface area contributed by atoms with E-state index >= 15 is 0 Å². The molecule has 1 saturated carbocycles. The normalized spacial score (nSPS) is 15.9. The van der Waals surface area contributed by atoms with E-state index in [1.807, 2.05) is 0 Å². The molecule has 0 bridgehead atoms.